The van der Waals surface area contributed by atoms with Gasteiger partial charge in [0.1, 0.15) is 10.8 Å². The number of ether oxygens (including phenoxy) is 1. The maximum absolute atomic E-state index is 12.4. The molecule has 0 spiro atoms. The third-order valence-corrected chi connectivity index (χ3v) is 6.38. The van der Waals surface area contributed by atoms with Crippen molar-refractivity contribution in [1.82, 2.24) is 14.8 Å². The van der Waals surface area contributed by atoms with E-state index in [0.717, 1.165) is 42.4 Å². The molecule has 2 aromatic rings. The number of aromatic nitrogens is 3. The maximum atomic E-state index is 12.4. The minimum absolute atomic E-state index is 0.163. The number of carbonyl (C=O) groups excluding carboxylic acids is 2. The Bertz CT molecular complexity index is 828. The molecule has 26 heavy (non-hydrogen) atoms. The summed E-state index contributed by atoms with van der Waals surface area (Å²) in [6, 6.07) is 0. The lowest BCUT2D eigenvalue weighted by Gasteiger charge is -2.08. The predicted molar refractivity (Wildman–Crippen MR) is 102 cm³/mol. The quantitative estimate of drug-likeness (QED) is 0.574. The van der Waals surface area contributed by atoms with Crippen LogP contribution in [0.5, 0.6) is 0 Å². The Morgan fingerprint density at radius 1 is 1.31 bits per heavy atom. The van der Waals surface area contributed by atoms with E-state index in [1.54, 1.807) is 6.92 Å². The number of fused-ring (bicyclic) bond motifs is 1. The second-order valence-corrected chi connectivity index (χ2v) is 7.94. The molecule has 9 heteroatoms. The van der Waals surface area contributed by atoms with Gasteiger partial charge in [-0.3, -0.25) is 4.79 Å². The van der Waals surface area contributed by atoms with Crippen molar-refractivity contribution in [3.8, 4) is 0 Å². The largest absolute Gasteiger partial charge is 0.462 e. The molecule has 3 rings (SSSR count). The Morgan fingerprint density at radius 3 is 2.85 bits per heavy atom. The van der Waals surface area contributed by atoms with Crippen LogP contribution in [0.4, 0.5) is 5.00 Å². The highest BCUT2D eigenvalue weighted by molar-refractivity contribution is 7.99. The first-order valence-electron chi connectivity index (χ1n) is 8.69. The first-order valence-corrected chi connectivity index (χ1v) is 10.5. The number of carbonyl (C=O) groups is 2. The number of hydrogen-bond acceptors (Lipinski definition) is 7. The second-order valence-electron chi connectivity index (χ2n) is 5.89. The molecule has 0 aliphatic heterocycles. The number of nitrogens with zero attached hydrogens (tertiary/aromatic N) is 3. The summed E-state index contributed by atoms with van der Waals surface area (Å²) in [5.74, 6) is 0.526. The third-order valence-electron chi connectivity index (χ3n) is 4.20. The van der Waals surface area contributed by atoms with Crippen LogP contribution < -0.4 is 5.32 Å². The second kappa shape index (κ2) is 8.22. The molecule has 0 aromatic carbocycles. The Morgan fingerprint density at radius 2 is 2.12 bits per heavy atom. The van der Waals surface area contributed by atoms with E-state index in [0.29, 0.717) is 17.2 Å². The number of esters is 1. The van der Waals surface area contributed by atoms with Crippen LogP contribution in [-0.2, 0) is 28.9 Å². The van der Waals surface area contributed by atoms with Crippen molar-refractivity contribution in [3.63, 3.8) is 0 Å². The average Bonchev–Trinajstić information content (AvgIpc) is 3.27. The van der Waals surface area contributed by atoms with Crippen LogP contribution in [0.15, 0.2) is 5.16 Å². The van der Waals surface area contributed by atoms with Gasteiger partial charge in [-0.1, -0.05) is 11.8 Å². The highest BCUT2D eigenvalue weighted by atomic mass is 32.2. The summed E-state index contributed by atoms with van der Waals surface area (Å²) in [5, 5.41) is 12.4. The number of amides is 1. The molecule has 2 aromatic heterocycles. The van der Waals surface area contributed by atoms with Gasteiger partial charge in [0.15, 0.2) is 5.16 Å². The van der Waals surface area contributed by atoms with E-state index in [9.17, 15) is 9.59 Å². The highest BCUT2D eigenvalue weighted by Crippen LogP contribution is 2.39. The smallest absolute Gasteiger partial charge is 0.341 e. The zero-order chi connectivity index (χ0) is 18.7. The molecule has 1 aliphatic rings. The van der Waals surface area contributed by atoms with Gasteiger partial charge in [0.05, 0.1) is 17.9 Å². The molecule has 0 bridgehead atoms. The summed E-state index contributed by atoms with van der Waals surface area (Å²) in [4.78, 5) is 25.9. The number of thiophene rings is 1. The summed E-state index contributed by atoms with van der Waals surface area (Å²) in [6.45, 7) is 6.76. The zero-order valence-electron chi connectivity index (χ0n) is 15.1. The SMILES string of the molecule is CCOC(=O)c1c(NC(=O)CSc2nnc(C)n2CC)sc2c1CCC2. The number of thioether (sulfide) groups is 1. The summed E-state index contributed by atoms with van der Waals surface area (Å²) in [6.07, 6.45) is 2.86. The van der Waals surface area contributed by atoms with Crippen molar-refractivity contribution >= 4 is 40.0 Å². The molecule has 7 nitrogen and oxygen atoms in total. The third kappa shape index (κ3) is 3.78. The van der Waals surface area contributed by atoms with Gasteiger partial charge in [-0.05, 0) is 45.6 Å². The standard InChI is InChI=1S/C17H22N4O3S2/c1-4-21-10(3)19-20-17(21)25-9-13(22)18-15-14(16(23)24-5-2)11-7-6-8-12(11)26-15/h4-9H2,1-3H3,(H,18,22). The lowest BCUT2D eigenvalue weighted by molar-refractivity contribution is -0.113. The fourth-order valence-electron chi connectivity index (χ4n) is 3.04. The highest BCUT2D eigenvalue weighted by Gasteiger charge is 2.28. The van der Waals surface area contributed by atoms with Gasteiger partial charge in [-0.25, -0.2) is 4.79 Å². The minimum Gasteiger partial charge on any atom is -0.462 e. The molecule has 0 unspecified atom stereocenters. The Balaban J connectivity index is 1.70. The van der Waals surface area contributed by atoms with Gasteiger partial charge >= 0.3 is 5.97 Å². The number of aryl methyl sites for hydroxylation is 2. The van der Waals surface area contributed by atoms with Crippen molar-refractivity contribution in [3.05, 3.63) is 21.8 Å². The van der Waals surface area contributed by atoms with Gasteiger partial charge in [-0.2, -0.15) is 0 Å². The van der Waals surface area contributed by atoms with Crippen molar-refractivity contribution < 1.29 is 14.3 Å². The number of rotatable bonds is 7. The molecule has 0 radical (unpaired) electrons. The van der Waals surface area contributed by atoms with Crippen molar-refractivity contribution in [2.45, 2.75) is 51.7 Å². The van der Waals surface area contributed by atoms with Crippen LogP contribution in [0.2, 0.25) is 0 Å². The molecule has 0 saturated heterocycles. The van der Waals surface area contributed by atoms with E-state index >= 15 is 0 Å². The number of nitrogens with one attached hydrogen (secondary N) is 1. The maximum Gasteiger partial charge on any atom is 0.341 e. The fourth-order valence-corrected chi connectivity index (χ4v) is 5.18. The van der Waals surface area contributed by atoms with Crippen LogP contribution in [0.25, 0.3) is 0 Å². The van der Waals surface area contributed by atoms with E-state index in [1.807, 2.05) is 18.4 Å². The van der Waals surface area contributed by atoms with Crippen molar-refractivity contribution in [2.75, 3.05) is 17.7 Å². The van der Waals surface area contributed by atoms with Gasteiger partial charge in [0.2, 0.25) is 5.91 Å². The molecular weight excluding hydrogens is 372 g/mol. The summed E-state index contributed by atoms with van der Waals surface area (Å²) in [7, 11) is 0. The van der Waals surface area contributed by atoms with E-state index in [2.05, 4.69) is 15.5 Å². The minimum atomic E-state index is -0.351. The normalized spacial score (nSPS) is 12.9. The number of hydrogen-bond donors (Lipinski definition) is 1. The van der Waals surface area contributed by atoms with Gasteiger partial charge < -0.3 is 14.6 Å². The summed E-state index contributed by atoms with van der Waals surface area (Å²) >= 11 is 2.83. The lowest BCUT2D eigenvalue weighted by Crippen LogP contribution is -2.17. The number of anilines is 1. The van der Waals surface area contributed by atoms with Crippen LogP contribution in [0.3, 0.4) is 0 Å². The first kappa shape index (κ1) is 18.9. The van der Waals surface area contributed by atoms with E-state index < -0.39 is 0 Å². The zero-order valence-corrected chi connectivity index (χ0v) is 16.8. The molecule has 0 saturated carbocycles. The topological polar surface area (TPSA) is 86.1 Å². The average molecular weight is 395 g/mol. The summed E-state index contributed by atoms with van der Waals surface area (Å²) < 4.78 is 7.15. The van der Waals surface area contributed by atoms with Crippen LogP contribution in [-0.4, -0.2) is 39.0 Å². The van der Waals surface area contributed by atoms with E-state index in [1.165, 1.54) is 28.0 Å². The van der Waals surface area contributed by atoms with Crippen LogP contribution in [0, 0.1) is 6.92 Å². The molecule has 1 N–H and O–H groups in total. The van der Waals surface area contributed by atoms with Crippen LogP contribution in [0.1, 0.15) is 46.9 Å². The molecule has 0 fully saturated rings. The van der Waals surface area contributed by atoms with Crippen molar-refractivity contribution in [2.24, 2.45) is 0 Å². The molecule has 140 valence electrons. The lowest BCUT2D eigenvalue weighted by atomic mass is 10.1. The fraction of sp³-hybridized carbons (Fsp3) is 0.529. The predicted octanol–water partition coefficient (Wildman–Crippen LogP) is 3.06. The molecule has 0 atom stereocenters. The van der Waals surface area contributed by atoms with Gasteiger partial charge in [-0.15, -0.1) is 21.5 Å². The van der Waals surface area contributed by atoms with Crippen LogP contribution >= 0.6 is 23.1 Å². The molecule has 2 heterocycles. The molecule has 1 amide bonds. The monoisotopic (exact) mass is 394 g/mol. The van der Waals surface area contributed by atoms with Crippen molar-refractivity contribution in [1.29, 1.82) is 0 Å². The van der Waals surface area contributed by atoms with Gasteiger partial charge in [0.25, 0.3) is 0 Å². The van der Waals surface area contributed by atoms with E-state index in [-0.39, 0.29) is 17.6 Å². The van der Waals surface area contributed by atoms with E-state index in [4.69, 9.17) is 4.74 Å². The Labute approximate surface area is 160 Å². The Kier molecular flexibility index (Phi) is 5.98. The Hall–Kier alpha value is -1.87. The first-order chi connectivity index (χ1) is 12.5. The summed E-state index contributed by atoms with van der Waals surface area (Å²) in [5.41, 5.74) is 1.58. The molecule has 1 aliphatic carbocycles. The molecular formula is C17H22N4O3S2. The van der Waals surface area contributed by atoms with Gasteiger partial charge in [0, 0.05) is 11.4 Å².